The molecule has 1 N–H and O–H groups in total. The fourth-order valence-electron chi connectivity index (χ4n) is 1.96. The van der Waals surface area contributed by atoms with Crippen LogP contribution in [-0.2, 0) is 0 Å². The van der Waals surface area contributed by atoms with Crippen LogP contribution in [0.4, 0.5) is 0 Å². The van der Waals surface area contributed by atoms with E-state index < -0.39 is 6.10 Å². The predicted octanol–water partition coefficient (Wildman–Crippen LogP) is 3.95. The van der Waals surface area contributed by atoms with Gasteiger partial charge >= 0.3 is 0 Å². The molecule has 0 aromatic heterocycles. The van der Waals surface area contributed by atoms with Gasteiger partial charge in [-0.2, -0.15) is 11.8 Å². The summed E-state index contributed by atoms with van der Waals surface area (Å²) in [6.07, 6.45) is 3.71. The zero-order valence-corrected chi connectivity index (χ0v) is 14.4. The first kappa shape index (κ1) is 17.0. The summed E-state index contributed by atoms with van der Waals surface area (Å²) in [6.45, 7) is 3.17. The molecule has 2 nitrogen and oxygen atoms in total. The molecule has 4 heteroatoms. The van der Waals surface area contributed by atoms with Crippen LogP contribution in [0.2, 0.25) is 0 Å². The van der Waals surface area contributed by atoms with E-state index in [-0.39, 0.29) is 0 Å². The van der Waals surface area contributed by atoms with E-state index >= 15 is 0 Å². The maximum absolute atomic E-state index is 10.2. The van der Waals surface area contributed by atoms with Crippen LogP contribution in [0.1, 0.15) is 31.4 Å². The second kappa shape index (κ2) is 9.01. The molecule has 0 saturated carbocycles. The van der Waals surface area contributed by atoms with E-state index in [0.29, 0.717) is 6.04 Å². The number of halogens is 1. The fourth-order valence-corrected chi connectivity index (χ4v) is 3.08. The van der Waals surface area contributed by atoms with Gasteiger partial charge in [-0.1, -0.05) is 34.1 Å². The van der Waals surface area contributed by atoms with Crippen molar-refractivity contribution >= 4 is 27.7 Å². The van der Waals surface area contributed by atoms with Gasteiger partial charge in [-0.25, -0.2) is 0 Å². The lowest BCUT2D eigenvalue weighted by molar-refractivity contribution is 0.138. The van der Waals surface area contributed by atoms with E-state index in [9.17, 15) is 5.11 Å². The van der Waals surface area contributed by atoms with Gasteiger partial charge in [-0.05, 0) is 50.5 Å². The summed E-state index contributed by atoms with van der Waals surface area (Å²) >= 11 is 5.38. The third kappa shape index (κ3) is 5.86. The van der Waals surface area contributed by atoms with E-state index in [1.54, 1.807) is 0 Å². The van der Waals surface area contributed by atoms with Crippen LogP contribution >= 0.6 is 27.7 Å². The van der Waals surface area contributed by atoms with Crippen LogP contribution in [0.25, 0.3) is 0 Å². The van der Waals surface area contributed by atoms with Crippen LogP contribution in [0.15, 0.2) is 28.7 Å². The standard InChI is InChI=1S/C15H24BrNOS/c1-12(9-11-19-3)17(2)10-8-15(18)13-6-4-5-7-14(13)16/h4-7,12,15,18H,8-11H2,1-3H3. The highest BCUT2D eigenvalue weighted by molar-refractivity contribution is 9.10. The topological polar surface area (TPSA) is 23.5 Å². The number of aliphatic hydroxyl groups is 1. The number of hydrogen-bond donors (Lipinski definition) is 1. The molecule has 19 heavy (non-hydrogen) atoms. The van der Waals surface area contributed by atoms with Crippen molar-refractivity contribution in [3.63, 3.8) is 0 Å². The molecule has 0 aliphatic heterocycles. The molecule has 0 heterocycles. The minimum absolute atomic E-state index is 0.397. The Balaban J connectivity index is 2.41. The van der Waals surface area contributed by atoms with Gasteiger partial charge in [-0.3, -0.25) is 0 Å². The lowest BCUT2D eigenvalue weighted by Crippen LogP contribution is -2.31. The van der Waals surface area contributed by atoms with Crippen LogP contribution in [0, 0.1) is 0 Å². The van der Waals surface area contributed by atoms with E-state index in [0.717, 1.165) is 23.0 Å². The van der Waals surface area contributed by atoms with E-state index in [1.165, 1.54) is 12.2 Å². The normalized spacial score (nSPS) is 14.6. The van der Waals surface area contributed by atoms with Gasteiger partial charge in [0, 0.05) is 17.1 Å². The minimum atomic E-state index is -0.397. The molecule has 0 saturated heterocycles. The zero-order chi connectivity index (χ0) is 14.3. The summed E-state index contributed by atoms with van der Waals surface area (Å²) in [4.78, 5) is 2.33. The van der Waals surface area contributed by atoms with Crippen LogP contribution in [-0.4, -0.2) is 41.6 Å². The molecule has 108 valence electrons. The highest BCUT2D eigenvalue weighted by atomic mass is 79.9. The Labute approximate surface area is 129 Å². The number of nitrogens with zero attached hydrogens (tertiary/aromatic N) is 1. The van der Waals surface area contributed by atoms with Gasteiger partial charge in [0.1, 0.15) is 0 Å². The van der Waals surface area contributed by atoms with Crippen molar-refractivity contribution in [3.8, 4) is 0 Å². The summed E-state index contributed by atoms with van der Waals surface area (Å²) in [7, 11) is 2.14. The molecule has 1 aromatic rings. The summed E-state index contributed by atoms with van der Waals surface area (Å²) in [5, 5.41) is 10.2. The van der Waals surface area contributed by atoms with Crippen molar-refractivity contribution in [2.75, 3.05) is 25.6 Å². The van der Waals surface area contributed by atoms with Crippen molar-refractivity contribution in [1.82, 2.24) is 4.90 Å². The summed E-state index contributed by atoms with van der Waals surface area (Å²) in [5.74, 6) is 1.19. The number of hydrogen-bond acceptors (Lipinski definition) is 3. The molecule has 0 fully saturated rings. The highest BCUT2D eigenvalue weighted by Gasteiger charge is 2.14. The Morgan fingerprint density at radius 2 is 2.00 bits per heavy atom. The molecule has 2 atom stereocenters. The molecule has 0 aliphatic rings. The van der Waals surface area contributed by atoms with Gasteiger partial charge in [0.25, 0.3) is 0 Å². The first-order valence-corrected chi connectivity index (χ1v) is 8.86. The van der Waals surface area contributed by atoms with Gasteiger partial charge in [0.05, 0.1) is 6.10 Å². The van der Waals surface area contributed by atoms with Gasteiger partial charge in [-0.15, -0.1) is 0 Å². The smallest absolute Gasteiger partial charge is 0.0813 e. The monoisotopic (exact) mass is 345 g/mol. The minimum Gasteiger partial charge on any atom is -0.388 e. The second-order valence-electron chi connectivity index (χ2n) is 4.94. The maximum atomic E-state index is 10.2. The van der Waals surface area contributed by atoms with Crippen LogP contribution in [0.5, 0.6) is 0 Å². The highest BCUT2D eigenvalue weighted by Crippen LogP contribution is 2.25. The first-order chi connectivity index (χ1) is 9.06. The Morgan fingerprint density at radius 3 is 2.63 bits per heavy atom. The average molecular weight is 346 g/mol. The fraction of sp³-hybridized carbons (Fsp3) is 0.600. The Bertz CT molecular complexity index is 375. The molecule has 0 aliphatic carbocycles. The molecule has 1 rings (SSSR count). The molecule has 0 radical (unpaired) electrons. The van der Waals surface area contributed by atoms with Gasteiger partial charge < -0.3 is 10.0 Å². The quantitative estimate of drug-likeness (QED) is 0.771. The second-order valence-corrected chi connectivity index (χ2v) is 6.78. The predicted molar refractivity (Wildman–Crippen MR) is 88.8 cm³/mol. The Morgan fingerprint density at radius 1 is 1.32 bits per heavy atom. The largest absolute Gasteiger partial charge is 0.388 e. The third-order valence-electron chi connectivity index (χ3n) is 3.51. The van der Waals surface area contributed by atoms with Crippen molar-refractivity contribution in [3.05, 3.63) is 34.3 Å². The van der Waals surface area contributed by atoms with Gasteiger partial charge in [0.15, 0.2) is 0 Å². The van der Waals surface area contributed by atoms with Crippen molar-refractivity contribution in [2.45, 2.75) is 31.9 Å². The molecular formula is C15H24BrNOS. The van der Waals surface area contributed by atoms with Crippen LogP contribution in [0.3, 0.4) is 0 Å². The van der Waals surface area contributed by atoms with Crippen LogP contribution < -0.4 is 0 Å². The number of benzene rings is 1. The first-order valence-electron chi connectivity index (χ1n) is 6.68. The number of thioether (sulfide) groups is 1. The SMILES string of the molecule is CSCCC(C)N(C)CCC(O)c1ccccc1Br. The lowest BCUT2D eigenvalue weighted by atomic mass is 10.1. The van der Waals surface area contributed by atoms with Crippen molar-refractivity contribution in [1.29, 1.82) is 0 Å². The molecular weight excluding hydrogens is 322 g/mol. The van der Waals surface area contributed by atoms with Crippen molar-refractivity contribution < 1.29 is 5.11 Å². The molecule has 1 aromatic carbocycles. The zero-order valence-electron chi connectivity index (χ0n) is 12.0. The molecule has 0 amide bonds. The van der Waals surface area contributed by atoms with E-state index in [1.807, 2.05) is 36.0 Å². The number of rotatable bonds is 8. The third-order valence-corrected chi connectivity index (χ3v) is 4.88. The maximum Gasteiger partial charge on any atom is 0.0813 e. The Hall–Kier alpha value is -0.0300. The summed E-state index contributed by atoms with van der Waals surface area (Å²) < 4.78 is 0.987. The van der Waals surface area contributed by atoms with E-state index in [2.05, 4.69) is 41.1 Å². The van der Waals surface area contributed by atoms with E-state index in [4.69, 9.17) is 0 Å². The Kier molecular flexibility index (Phi) is 8.07. The molecule has 0 spiro atoms. The number of aliphatic hydroxyl groups excluding tert-OH is 1. The molecule has 0 bridgehead atoms. The lowest BCUT2D eigenvalue weighted by Gasteiger charge is -2.25. The average Bonchev–Trinajstić information content (AvgIpc) is 2.42. The summed E-state index contributed by atoms with van der Waals surface area (Å²) in [5.41, 5.74) is 0.979. The van der Waals surface area contributed by atoms with Crippen molar-refractivity contribution in [2.24, 2.45) is 0 Å². The molecule has 2 unspecified atom stereocenters. The summed E-state index contributed by atoms with van der Waals surface area (Å²) in [6, 6.07) is 8.46. The van der Waals surface area contributed by atoms with Gasteiger partial charge in [0.2, 0.25) is 0 Å².